The molecule has 0 radical (unpaired) electrons. The van der Waals surface area contributed by atoms with E-state index in [0.29, 0.717) is 26.0 Å². The summed E-state index contributed by atoms with van der Waals surface area (Å²) < 4.78 is 11.2. The van der Waals surface area contributed by atoms with Gasteiger partial charge in [0.2, 0.25) is 0 Å². The van der Waals surface area contributed by atoms with Gasteiger partial charge in [-0.05, 0) is 56.1 Å². The zero-order valence-corrected chi connectivity index (χ0v) is 12.0. The molecule has 88 valence electrons. The standard InChI is InChI=1S/C12H8Br2O3/c1-16-7-2-3-8(10(13)6-7)11(15)9-4-5-17-12(9)14/h2-6H,1H3. The van der Waals surface area contributed by atoms with E-state index in [9.17, 15) is 4.79 Å². The van der Waals surface area contributed by atoms with Crippen LogP contribution >= 0.6 is 31.9 Å². The molecule has 2 rings (SSSR count). The summed E-state index contributed by atoms with van der Waals surface area (Å²) >= 11 is 6.54. The van der Waals surface area contributed by atoms with Gasteiger partial charge in [0.05, 0.1) is 18.9 Å². The summed E-state index contributed by atoms with van der Waals surface area (Å²) in [6.07, 6.45) is 1.47. The smallest absolute Gasteiger partial charge is 0.198 e. The highest BCUT2D eigenvalue weighted by Crippen LogP contribution is 2.27. The molecule has 2 aromatic rings. The van der Waals surface area contributed by atoms with E-state index in [0.717, 1.165) is 0 Å². The number of carbonyl (C=O) groups excluding carboxylic acids is 1. The Morgan fingerprint density at radius 3 is 2.53 bits per heavy atom. The number of rotatable bonds is 3. The van der Waals surface area contributed by atoms with Crippen molar-refractivity contribution < 1.29 is 13.9 Å². The van der Waals surface area contributed by atoms with Gasteiger partial charge in [0, 0.05) is 10.0 Å². The lowest BCUT2D eigenvalue weighted by Crippen LogP contribution is -2.01. The first-order valence-electron chi connectivity index (χ1n) is 4.74. The fourth-order valence-corrected chi connectivity index (χ4v) is 2.37. The third-order valence-corrected chi connectivity index (χ3v) is 3.55. The summed E-state index contributed by atoms with van der Waals surface area (Å²) in [5, 5.41) is 0. The molecule has 0 N–H and O–H groups in total. The lowest BCUT2D eigenvalue weighted by Gasteiger charge is -2.05. The Labute approximate surface area is 115 Å². The van der Waals surface area contributed by atoms with Crippen LogP contribution in [0, 0.1) is 0 Å². The van der Waals surface area contributed by atoms with E-state index in [-0.39, 0.29) is 5.78 Å². The van der Waals surface area contributed by atoms with Gasteiger partial charge in [-0.2, -0.15) is 0 Å². The molecule has 0 amide bonds. The van der Waals surface area contributed by atoms with Gasteiger partial charge in [-0.15, -0.1) is 0 Å². The zero-order chi connectivity index (χ0) is 12.4. The van der Waals surface area contributed by atoms with Crippen LogP contribution in [0.5, 0.6) is 5.75 Å². The predicted octanol–water partition coefficient (Wildman–Crippen LogP) is 4.04. The second kappa shape index (κ2) is 5.06. The van der Waals surface area contributed by atoms with Crippen LogP contribution in [0.15, 0.2) is 44.1 Å². The molecule has 1 aromatic heterocycles. The van der Waals surface area contributed by atoms with Crippen LogP contribution in [0.25, 0.3) is 0 Å². The van der Waals surface area contributed by atoms with Crippen LogP contribution in [0.1, 0.15) is 15.9 Å². The van der Waals surface area contributed by atoms with Gasteiger partial charge in [-0.25, -0.2) is 0 Å². The van der Waals surface area contributed by atoms with E-state index < -0.39 is 0 Å². The average Bonchev–Trinajstić information content (AvgIpc) is 2.74. The van der Waals surface area contributed by atoms with E-state index in [1.807, 2.05) is 0 Å². The number of hydrogen-bond acceptors (Lipinski definition) is 3. The topological polar surface area (TPSA) is 39.4 Å². The first kappa shape index (κ1) is 12.4. The Morgan fingerprint density at radius 1 is 1.24 bits per heavy atom. The lowest BCUT2D eigenvalue weighted by atomic mass is 10.1. The highest BCUT2D eigenvalue weighted by Gasteiger charge is 2.17. The maximum absolute atomic E-state index is 12.2. The van der Waals surface area contributed by atoms with Crippen LogP contribution in [0.2, 0.25) is 0 Å². The quantitative estimate of drug-likeness (QED) is 0.776. The molecule has 0 spiro atoms. The van der Waals surface area contributed by atoms with Crippen molar-refractivity contribution in [3.63, 3.8) is 0 Å². The number of furan rings is 1. The molecule has 0 bridgehead atoms. The van der Waals surface area contributed by atoms with Crippen molar-refractivity contribution in [1.29, 1.82) is 0 Å². The van der Waals surface area contributed by atoms with Crippen LogP contribution in [-0.4, -0.2) is 12.9 Å². The highest BCUT2D eigenvalue weighted by atomic mass is 79.9. The van der Waals surface area contributed by atoms with Gasteiger partial charge in [-0.3, -0.25) is 4.79 Å². The fraction of sp³-hybridized carbons (Fsp3) is 0.0833. The number of ketones is 1. The number of benzene rings is 1. The van der Waals surface area contributed by atoms with Crippen LogP contribution in [-0.2, 0) is 0 Å². The summed E-state index contributed by atoms with van der Waals surface area (Å²) in [5.41, 5.74) is 1.06. The number of ether oxygens (including phenoxy) is 1. The molecule has 0 unspecified atom stereocenters. The van der Waals surface area contributed by atoms with Crippen molar-refractivity contribution in [3.8, 4) is 5.75 Å². The van der Waals surface area contributed by atoms with E-state index in [2.05, 4.69) is 31.9 Å². The maximum Gasteiger partial charge on any atom is 0.198 e. The minimum Gasteiger partial charge on any atom is -0.497 e. The van der Waals surface area contributed by atoms with Gasteiger partial charge in [0.25, 0.3) is 0 Å². The highest BCUT2D eigenvalue weighted by molar-refractivity contribution is 9.10. The minimum atomic E-state index is -0.111. The predicted molar refractivity (Wildman–Crippen MR) is 70.5 cm³/mol. The third-order valence-electron chi connectivity index (χ3n) is 2.28. The molecule has 17 heavy (non-hydrogen) atoms. The molecule has 0 aliphatic heterocycles. The Hall–Kier alpha value is -1.07. The molecule has 1 aromatic carbocycles. The monoisotopic (exact) mass is 358 g/mol. The normalized spacial score (nSPS) is 10.3. The van der Waals surface area contributed by atoms with Crippen molar-refractivity contribution in [2.75, 3.05) is 7.11 Å². The van der Waals surface area contributed by atoms with Crippen molar-refractivity contribution in [2.45, 2.75) is 0 Å². The van der Waals surface area contributed by atoms with E-state index >= 15 is 0 Å². The Kier molecular flexibility index (Phi) is 3.69. The van der Waals surface area contributed by atoms with Crippen LogP contribution < -0.4 is 4.74 Å². The summed E-state index contributed by atoms with van der Waals surface area (Å²) in [4.78, 5) is 12.2. The van der Waals surface area contributed by atoms with Gasteiger partial charge in [-0.1, -0.05) is 0 Å². The fourth-order valence-electron chi connectivity index (χ4n) is 1.41. The number of halogens is 2. The Balaban J connectivity index is 2.41. The van der Waals surface area contributed by atoms with Gasteiger partial charge in [0.15, 0.2) is 10.5 Å². The third kappa shape index (κ3) is 2.45. The van der Waals surface area contributed by atoms with E-state index in [1.54, 1.807) is 31.4 Å². The largest absolute Gasteiger partial charge is 0.497 e. The second-order valence-corrected chi connectivity index (χ2v) is 4.86. The molecule has 3 nitrogen and oxygen atoms in total. The van der Waals surface area contributed by atoms with Crippen molar-refractivity contribution in [2.24, 2.45) is 0 Å². The van der Waals surface area contributed by atoms with Gasteiger partial charge in [0.1, 0.15) is 5.75 Å². The molecular weight excluding hydrogens is 352 g/mol. The molecule has 0 fully saturated rings. The summed E-state index contributed by atoms with van der Waals surface area (Å²) in [6.45, 7) is 0. The molecule has 5 heteroatoms. The van der Waals surface area contributed by atoms with Crippen molar-refractivity contribution >= 4 is 37.6 Å². The summed E-state index contributed by atoms with van der Waals surface area (Å²) in [5.74, 6) is 0.583. The molecule has 0 aliphatic carbocycles. The number of methoxy groups -OCH3 is 1. The average molecular weight is 360 g/mol. The zero-order valence-electron chi connectivity index (χ0n) is 8.87. The summed E-state index contributed by atoms with van der Waals surface area (Å²) in [6, 6.07) is 6.83. The minimum absolute atomic E-state index is 0.111. The van der Waals surface area contributed by atoms with Crippen LogP contribution in [0.3, 0.4) is 0 Å². The maximum atomic E-state index is 12.2. The van der Waals surface area contributed by atoms with Crippen molar-refractivity contribution in [1.82, 2.24) is 0 Å². The second-order valence-electron chi connectivity index (χ2n) is 3.28. The first-order chi connectivity index (χ1) is 8.13. The van der Waals surface area contributed by atoms with E-state index in [1.165, 1.54) is 6.26 Å². The SMILES string of the molecule is COc1ccc(C(=O)c2ccoc2Br)c(Br)c1. The Bertz CT molecular complexity index is 561. The molecule has 0 atom stereocenters. The molecule has 0 saturated carbocycles. The molecular formula is C12H8Br2O3. The lowest BCUT2D eigenvalue weighted by molar-refractivity contribution is 0.103. The molecule has 1 heterocycles. The van der Waals surface area contributed by atoms with Gasteiger partial charge < -0.3 is 9.15 Å². The number of carbonyl (C=O) groups is 1. The van der Waals surface area contributed by atoms with Crippen molar-refractivity contribution in [3.05, 3.63) is 50.8 Å². The molecule has 0 aliphatic rings. The summed E-state index contributed by atoms with van der Waals surface area (Å²) in [7, 11) is 1.58. The van der Waals surface area contributed by atoms with Crippen LogP contribution in [0.4, 0.5) is 0 Å². The van der Waals surface area contributed by atoms with Gasteiger partial charge >= 0.3 is 0 Å². The van der Waals surface area contributed by atoms with E-state index in [4.69, 9.17) is 9.15 Å². The first-order valence-corrected chi connectivity index (χ1v) is 6.33. The Morgan fingerprint density at radius 2 is 2.00 bits per heavy atom. The number of hydrogen-bond donors (Lipinski definition) is 0. The molecule has 0 saturated heterocycles.